The highest BCUT2D eigenvalue weighted by Crippen LogP contribution is 2.68. The van der Waals surface area contributed by atoms with E-state index in [1.807, 2.05) is 71.1 Å². The molecule has 11 nitrogen and oxygen atoms in total. The quantitative estimate of drug-likeness (QED) is 0.127. The normalized spacial score (nSPS) is 44.5. The van der Waals surface area contributed by atoms with E-state index >= 15 is 0 Å². The van der Waals surface area contributed by atoms with Crippen LogP contribution in [0.5, 0.6) is 0 Å². The zero-order valence-corrected chi connectivity index (χ0v) is 52.8. The van der Waals surface area contributed by atoms with E-state index in [9.17, 15) is 9.59 Å². The average Bonchev–Trinajstić information content (AvgIpc) is 1.72. The van der Waals surface area contributed by atoms with Gasteiger partial charge >= 0.3 is 12.2 Å². The molecule has 4 aliphatic heterocycles. The smallest absolute Gasteiger partial charge is 0.410 e. The maximum atomic E-state index is 13.5. The summed E-state index contributed by atoms with van der Waals surface area (Å²) in [5.41, 5.74) is 18.4. The number of carbonyl (C=O) groups excluding carboxylic acids is 2. The van der Waals surface area contributed by atoms with Crippen molar-refractivity contribution in [2.45, 2.75) is 245 Å². The fourth-order valence-electron chi connectivity index (χ4n) is 22.5. The number of azide groups is 1. The molecule has 12 aliphatic rings. The lowest BCUT2D eigenvalue weighted by atomic mass is 9.51. The number of hydrogen-bond donors (Lipinski definition) is 0. The topological polar surface area (TPSA) is 126 Å². The van der Waals surface area contributed by atoms with E-state index in [2.05, 4.69) is 77.2 Å². The highest BCUT2D eigenvalue weighted by molar-refractivity contribution is 5.69. The molecule has 22 atom stereocenters. The molecule has 2 aromatic carbocycles. The number of likely N-dealkylation sites (tertiary alicyclic amines) is 2. The number of ether oxygens (including phenoxy) is 4. The second-order valence-corrected chi connectivity index (χ2v) is 31.3. The Bertz CT molecular complexity index is 2870. The van der Waals surface area contributed by atoms with Crippen molar-refractivity contribution in [1.82, 2.24) is 9.80 Å². The molecule has 11 heteroatoms. The van der Waals surface area contributed by atoms with Crippen molar-refractivity contribution in [3.8, 4) is 0 Å². The number of benzene rings is 2. The molecule has 2 aromatic rings. The molecule has 0 N–H and O–H groups in total. The molecule has 0 bridgehead atoms. The third-order valence-electron chi connectivity index (χ3n) is 26.8. The Morgan fingerprint density at radius 3 is 1.50 bits per heavy atom. The van der Waals surface area contributed by atoms with Gasteiger partial charge in [-0.25, -0.2) is 9.59 Å². The number of amides is 2. The summed E-state index contributed by atoms with van der Waals surface area (Å²) in [5, 5.41) is 4.14. The Morgan fingerprint density at radius 1 is 0.583 bits per heavy atom. The summed E-state index contributed by atoms with van der Waals surface area (Å²) >= 11 is 0. The highest BCUT2D eigenvalue weighted by Gasteiger charge is 2.63. The van der Waals surface area contributed by atoms with Crippen LogP contribution in [-0.2, 0) is 32.2 Å². The molecule has 1 unspecified atom stereocenters. The molecular weight excluding hydrogens is 1040 g/mol. The van der Waals surface area contributed by atoms with Crippen molar-refractivity contribution in [2.24, 2.45) is 92.9 Å². The van der Waals surface area contributed by atoms with Crippen LogP contribution < -0.4 is 0 Å². The molecule has 8 aliphatic carbocycles. The number of allylic oxidation sites excluding steroid dienone is 2. The third-order valence-corrected chi connectivity index (χ3v) is 26.8. The van der Waals surface area contributed by atoms with E-state index in [-0.39, 0.29) is 59.6 Å². The van der Waals surface area contributed by atoms with E-state index in [1.54, 1.807) is 16.7 Å². The second-order valence-electron chi connectivity index (χ2n) is 31.3. The zero-order chi connectivity index (χ0) is 58.5. The van der Waals surface area contributed by atoms with E-state index in [0.29, 0.717) is 53.6 Å². The predicted molar refractivity (Wildman–Crippen MR) is 330 cm³/mol. The van der Waals surface area contributed by atoms with Crippen LogP contribution in [0.1, 0.15) is 202 Å². The van der Waals surface area contributed by atoms with Gasteiger partial charge in [0.05, 0.1) is 35.5 Å². The molecule has 10 fully saturated rings. The summed E-state index contributed by atoms with van der Waals surface area (Å²) < 4.78 is 26.2. The number of rotatable bonds is 5. The van der Waals surface area contributed by atoms with E-state index < -0.39 is 0 Å². The largest absolute Gasteiger partial charge is 0.445 e. The first-order valence-corrected chi connectivity index (χ1v) is 34.1. The van der Waals surface area contributed by atoms with Crippen LogP contribution >= 0.6 is 0 Å². The summed E-state index contributed by atoms with van der Waals surface area (Å²) in [4.78, 5) is 34.3. The third kappa shape index (κ3) is 10.3. The molecule has 6 saturated carbocycles. The van der Waals surface area contributed by atoms with Crippen molar-refractivity contribution < 1.29 is 28.5 Å². The molecule has 0 radical (unpaired) electrons. The molecule has 2 amide bonds. The summed E-state index contributed by atoms with van der Waals surface area (Å²) in [6.07, 6.45) is 24.3. The van der Waals surface area contributed by atoms with Gasteiger partial charge in [0.25, 0.3) is 0 Å². The minimum atomic E-state index is -0.206. The summed E-state index contributed by atoms with van der Waals surface area (Å²) in [6.45, 7) is 24.0. The van der Waals surface area contributed by atoms with E-state index in [1.165, 1.54) is 77.0 Å². The minimum absolute atomic E-state index is 0.0727. The first kappa shape index (κ1) is 58.7. The van der Waals surface area contributed by atoms with Gasteiger partial charge in [-0.2, -0.15) is 0 Å². The van der Waals surface area contributed by atoms with Crippen molar-refractivity contribution in [3.05, 3.63) is 105 Å². The second kappa shape index (κ2) is 23.0. The van der Waals surface area contributed by atoms with Gasteiger partial charge in [0.1, 0.15) is 13.2 Å². The number of fused-ring (bicyclic) bond motifs is 12. The standard InChI is InChI=1S/C37H53NO3.C36H50N4O3/c1-23-13-15-36(5)28(17-23)11-12-30-29-14-16-37(20-25(3)31(29)19-32(30)36)26(4)34-33(41-37)18-24(2)21-38(34)35(39)40-22-27-9-7-6-8-10-27;1-22-16-32-33(40(20-22)34(41)42-21-25-8-6-5-7-9-25)24(3)36(43-32)15-13-28-29-11-10-26-17-27(38-39-37)12-14-35(26,4)31(29)18-30(28)23(2)19-36/h6-10,23-24,26,28-30,32-34H,11-22H2,1-5H3;5-9,22,24,26-29,31-33H,10-21H2,1-4H3/t23-,24-,26+,28+,29-,30-,32-,33+,34-,36-,37-;22-,24+,26+,27?,28-,29-,31-,32+,33-,35-,36-/m00/s1. The Labute approximate surface area is 504 Å². The van der Waals surface area contributed by atoms with E-state index in [0.717, 1.165) is 117 Å². The number of hydrogen-bond acceptors (Lipinski definition) is 7. The Kier molecular flexibility index (Phi) is 16.1. The van der Waals surface area contributed by atoms with Gasteiger partial charge in [-0.1, -0.05) is 143 Å². The molecule has 4 heterocycles. The maximum absolute atomic E-state index is 13.5. The van der Waals surface area contributed by atoms with E-state index in [4.69, 9.17) is 24.5 Å². The zero-order valence-electron chi connectivity index (χ0n) is 52.8. The lowest BCUT2D eigenvalue weighted by Gasteiger charge is -2.54. The monoisotopic (exact) mass is 1150 g/mol. The van der Waals surface area contributed by atoms with Gasteiger partial charge in [-0.15, -0.1) is 0 Å². The summed E-state index contributed by atoms with van der Waals surface area (Å²) in [6, 6.07) is 20.4. The average molecular weight is 1150 g/mol. The van der Waals surface area contributed by atoms with Gasteiger partial charge in [0.15, 0.2) is 0 Å². The van der Waals surface area contributed by atoms with Gasteiger partial charge in [-0.05, 0) is 228 Å². The molecule has 2 spiro atoms. The molecule has 0 aromatic heterocycles. The van der Waals surface area contributed by atoms with Crippen LogP contribution in [0.4, 0.5) is 9.59 Å². The molecular formula is C73H103N5O6. The molecule has 4 saturated heterocycles. The maximum Gasteiger partial charge on any atom is 0.410 e. The van der Waals surface area contributed by atoms with Crippen LogP contribution in [-0.4, -0.2) is 76.6 Å². The van der Waals surface area contributed by atoms with Crippen molar-refractivity contribution in [1.29, 1.82) is 0 Å². The van der Waals surface area contributed by atoms with Crippen LogP contribution in [0.25, 0.3) is 10.4 Å². The highest BCUT2D eigenvalue weighted by atomic mass is 16.6. The summed E-state index contributed by atoms with van der Waals surface area (Å²) in [5.74, 6) is 8.62. The van der Waals surface area contributed by atoms with Crippen LogP contribution in [0.2, 0.25) is 0 Å². The van der Waals surface area contributed by atoms with Crippen LogP contribution in [0.3, 0.4) is 0 Å². The lowest BCUT2D eigenvalue weighted by molar-refractivity contribution is -0.0806. The van der Waals surface area contributed by atoms with Gasteiger partial charge < -0.3 is 28.7 Å². The minimum Gasteiger partial charge on any atom is -0.445 e. The van der Waals surface area contributed by atoms with Gasteiger partial charge in [0.2, 0.25) is 0 Å². The lowest BCUT2D eigenvalue weighted by Crippen LogP contribution is -2.54. The van der Waals surface area contributed by atoms with Crippen molar-refractivity contribution in [2.75, 3.05) is 13.1 Å². The van der Waals surface area contributed by atoms with Gasteiger partial charge in [-0.3, -0.25) is 0 Å². The molecule has 84 heavy (non-hydrogen) atoms. The fraction of sp³-hybridized carbons (Fsp3) is 0.753. The Balaban J connectivity index is 0.000000157. The first-order valence-electron chi connectivity index (χ1n) is 34.1. The molecule has 456 valence electrons. The number of nitrogens with zero attached hydrogens (tertiary/aromatic N) is 5. The SMILES string of the molecule is CC1=C2C[C@H]3[C@@H](CC[C@@H]4CC(N=[N+]=[N-])CC[C@@]43C)[C@@H]2CC[C@@]2(C1)O[C@@H]1C[C@H](C)CN(C(=O)OCc3ccccc3)[C@H]1[C@H]2C.CC1=C2C[C@H]3[C@@H](CC[C@@H]4C[C@@H](C)CC[C@@]43C)[C@@H]2CC[C@@]2(C1)O[C@@H]1C[C@H](C)CN(C(=O)OCc3ccccc3)[C@H]1[C@H]2C. The van der Waals surface area contributed by atoms with Crippen LogP contribution in [0.15, 0.2) is 88.1 Å². The van der Waals surface area contributed by atoms with Crippen molar-refractivity contribution in [3.63, 3.8) is 0 Å². The fourth-order valence-corrected chi connectivity index (χ4v) is 22.5. The molecule has 14 rings (SSSR count). The van der Waals surface area contributed by atoms with Crippen LogP contribution in [0, 0.1) is 87.8 Å². The van der Waals surface area contributed by atoms with Gasteiger partial charge in [0, 0.05) is 35.9 Å². The number of carbonyl (C=O) groups is 2. The Morgan fingerprint density at radius 2 is 1.04 bits per heavy atom. The predicted octanol–water partition coefficient (Wildman–Crippen LogP) is 17.6. The summed E-state index contributed by atoms with van der Waals surface area (Å²) in [7, 11) is 0. The Hall–Kier alpha value is -4.31. The van der Waals surface area contributed by atoms with Crippen molar-refractivity contribution >= 4 is 12.2 Å². The first-order chi connectivity index (χ1) is 40.4. The number of piperidine rings is 2.